The van der Waals surface area contributed by atoms with Crippen LogP contribution >= 0.6 is 23.1 Å². The van der Waals surface area contributed by atoms with E-state index in [4.69, 9.17) is 0 Å². The Morgan fingerprint density at radius 2 is 1.85 bits per heavy atom. The molecule has 0 spiro atoms. The summed E-state index contributed by atoms with van der Waals surface area (Å²) in [6.07, 6.45) is 4.64. The number of nitrogens with zero attached hydrogens (tertiary/aromatic N) is 2. The highest BCUT2D eigenvalue weighted by molar-refractivity contribution is 8.02. The van der Waals surface area contributed by atoms with Crippen LogP contribution in [0.25, 0.3) is 0 Å². The van der Waals surface area contributed by atoms with Gasteiger partial charge in [0.25, 0.3) is 0 Å². The van der Waals surface area contributed by atoms with Crippen molar-refractivity contribution in [2.24, 2.45) is 0 Å². The van der Waals surface area contributed by atoms with Crippen LogP contribution in [0.2, 0.25) is 0 Å². The van der Waals surface area contributed by atoms with E-state index in [1.807, 2.05) is 6.92 Å². The smallest absolute Gasteiger partial charge is 0.233 e. The minimum atomic E-state index is -0.165. The van der Waals surface area contributed by atoms with Gasteiger partial charge in [-0.25, -0.2) is 0 Å². The van der Waals surface area contributed by atoms with Crippen LogP contribution in [0.5, 0.6) is 0 Å². The number of hydrogen-bond acceptors (Lipinski definition) is 6. The molecule has 1 atom stereocenters. The summed E-state index contributed by atoms with van der Waals surface area (Å²) in [6.45, 7) is 6.29. The van der Waals surface area contributed by atoms with E-state index in [0.717, 1.165) is 28.0 Å². The zero-order chi connectivity index (χ0) is 18.5. The van der Waals surface area contributed by atoms with Gasteiger partial charge in [0.1, 0.15) is 0 Å². The first-order chi connectivity index (χ1) is 12.5. The summed E-state index contributed by atoms with van der Waals surface area (Å²) in [5.41, 5.74) is 2.31. The van der Waals surface area contributed by atoms with E-state index in [1.54, 1.807) is 0 Å². The third-order valence-corrected chi connectivity index (χ3v) is 6.61. The molecular weight excluding hydrogens is 364 g/mol. The van der Waals surface area contributed by atoms with Crippen LogP contribution in [-0.4, -0.2) is 27.4 Å². The van der Waals surface area contributed by atoms with Gasteiger partial charge >= 0.3 is 0 Å². The molecule has 2 aromatic rings. The van der Waals surface area contributed by atoms with Gasteiger partial charge in [-0.1, -0.05) is 61.9 Å². The first-order valence-corrected chi connectivity index (χ1v) is 10.9. The lowest BCUT2D eigenvalue weighted by molar-refractivity contribution is -0.120. The zero-order valence-electron chi connectivity index (χ0n) is 15.5. The molecule has 1 aliphatic rings. The number of aromatic nitrogens is 2. The molecule has 0 bridgehead atoms. The van der Waals surface area contributed by atoms with E-state index >= 15 is 0 Å². The number of carbonyl (C=O) groups is 1. The SMILES string of the molecule is CC(C)c1ccc(Nc2nnc(S[C@@H](C)C(=O)NC3CCCC3)s2)cc1. The van der Waals surface area contributed by atoms with Gasteiger partial charge in [-0.15, -0.1) is 10.2 Å². The first kappa shape index (κ1) is 19.2. The van der Waals surface area contributed by atoms with Gasteiger partial charge < -0.3 is 10.6 Å². The lowest BCUT2D eigenvalue weighted by Crippen LogP contribution is -2.37. The van der Waals surface area contributed by atoms with Crippen LogP contribution < -0.4 is 10.6 Å². The van der Waals surface area contributed by atoms with Crippen molar-refractivity contribution in [3.05, 3.63) is 29.8 Å². The maximum atomic E-state index is 12.3. The van der Waals surface area contributed by atoms with Gasteiger partial charge in [0.15, 0.2) is 4.34 Å². The van der Waals surface area contributed by atoms with Gasteiger partial charge in [-0.2, -0.15) is 0 Å². The van der Waals surface area contributed by atoms with E-state index in [-0.39, 0.29) is 11.2 Å². The second-order valence-electron chi connectivity index (χ2n) is 7.02. The number of nitrogens with one attached hydrogen (secondary N) is 2. The fourth-order valence-corrected chi connectivity index (χ4v) is 4.90. The summed E-state index contributed by atoms with van der Waals surface area (Å²) in [7, 11) is 0. The lowest BCUT2D eigenvalue weighted by atomic mass is 10.0. The summed E-state index contributed by atoms with van der Waals surface area (Å²) < 4.78 is 0.806. The van der Waals surface area contributed by atoms with Gasteiger partial charge in [0.05, 0.1) is 5.25 Å². The van der Waals surface area contributed by atoms with Crippen molar-refractivity contribution >= 4 is 39.8 Å². The Morgan fingerprint density at radius 1 is 1.15 bits per heavy atom. The molecule has 1 saturated carbocycles. The standard InChI is InChI=1S/C19H26N4OS2/c1-12(2)14-8-10-16(11-9-14)21-18-22-23-19(26-18)25-13(3)17(24)20-15-6-4-5-7-15/h8-13,15H,4-7H2,1-3H3,(H,20,24)(H,21,22)/t13-/m0/s1. The van der Waals surface area contributed by atoms with E-state index in [0.29, 0.717) is 12.0 Å². The van der Waals surface area contributed by atoms with Gasteiger partial charge in [-0.05, 0) is 43.4 Å². The Hall–Kier alpha value is -1.60. The minimum Gasteiger partial charge on any atom is -0.352 e. The quantitative estimate of drug-likeness (QED) is 0.655. The van der Waals surface area contributed by atoms with Crippen molar-refractivity contribution < 1.29 is 4.79 Å². The molecule has 3 rings (SSSR count). The molecule has 0 radical (unpaired) electrons. The number of benzene rings is 1. The van der Waals surface area contributed by atoms with Crippen LogP contribution in [0.15, 0.2) is 28.6 Å². The Morgan fingerprint density at radius 3 is 2.50 bits per heavy atom. The second kappa shape index (κ2) is 8.86. The number of rotatable bonds is 7. The second-order valence-corrected chi connectivity index (χ2v) is 9.59. The number of carbonyl (C=O) groups excluding carboxylic acids is 1. The average Bonchev–Trinajstić information content (AvgIpc) is 3.27. The lowest BCUT2D eigenvalue weighted by Gasteiger charge is -2.15. The summed E-state index contributed by atoms with van der Waals surface area (Å²) in [5, 5.41) is 15.4. The minimum absolute atomic E-state index is 0.0934. The molecular formula is C19H26N4OS2. The summed E-state index contributed by atoms with van der Waals surface area (Å²) in [5.74, 6) is 0.612. The highest BCUT2D eigenvalue weighted by atomic mass is 32.2. The van der Waals surface area contributed by atoms with Crippen molar-refractivity contribution in [3.8, 4) is 0 Å². The van der Waals surface area contributed by atoms with Crippen LogP contribution in [0.1, 0.15) is 57.9 Å². The Kier molecular flexibility index (Phi) is 6.53. The van der Waals surface area contributed by atoms with Crippen LogP contribution in [0, 0.1) is 0 Å². The van der Waals surface area contributed by atoms with Crippen molar-refractivity contribution in [1.82, 2.24) is 15.5 Å². The molecule has 26 heavy (non-hydrogen) atoms. The summed E-state index contributed by atoms with van der Waals surface area (Å²) in [6, 6.07) is 8.71. The molecule has 1 amide bonds. The molecule has 1 heterocycles. The zero-order valence-corrected chi connectivity index (χ0v) is 17.1. The summed E-state index contributed by atoms with van der Waals surface area (Å²) in [4.78, 5) is 12.3. The molecule has 5 nitrogen and oxygen atoms in total. The van der Waals surface area contributed by atoms with Gasteiger partial charge in [0.2, 0.25) is 11.0 Å². The molecule has 1 fully saturated rings. The molecule has 1 aromatic heterocycles. The molecule has 0 unspecified atom stereocenters. The molecule has 0 saturated heterocycles. The Balaban J connectivity index is 1.52. The third kappa shape index (κ3) is 5.20. The van der Waals surface area contributed by atoms with Crippen molar-refractivity contribution in [3.63, 3.8) is 0 Å². The van der Waals surface area contributed by atoms with Crippen molar-refractivity contribution in [1.29, 1.82) is 0 Å². The normalized spacial score (nSPS) is 16.0. The number of hydrogen-bond donors (Lipinski definition) is 2. The fraction of sp³-hybridized carbons (Fsp3) is 0.526. The Bertz CT molecular complexity index is 723. The first-order valence-electron chi connectivity index (χ1n) is 9.19. The number of thioether (sulfide) groups is 1. The van der Waals surface area contributed by atoms with E-state index < -0.39 is 0 Å². The number of amides is 1. The van der Waals surface area contributed by atoms with Crippen molar-refractivity contribution in [2.75, 3.05) is 5.32 Å². The third-order valence-electron chi connectivity index (χ3n) is 4.58. The van der Waals surface area contributed by atoms with E-state index in [9.17, 15) is 4.79 Å². The molecule has 7 heteroatoms. The van der Waals surface area contributed by atoms with Crippen LogP contribution in [0.4, 0.5) is 10.8 Å². The predicted octanol–water partition coefficient (Wildman–Crippen LogP) is 4.94. The predicted molar refractivity (Wildman–Crippen MR) is 109 cm³/mol. The molecule has 1 aromatic carbocycles. The summed E-state index contributed by atoms with van der Waals surface area (Å²) >= 11 is 2.94. The van der Waals surface area contributed by atoms with Crippen molar-refractivity contribution in [2.45, 2.75) is 68.0 Å². The largest absolute Gasteiger partial charge is 0.352 e. The maximum absolute atomic E-state index is 12.3. The highest BCUT2D eigenvalue weighted by Crippen LogP contribution is 2.31. The highest BCUT2D eigenvalue weighted by Gasteiger charge is 2.22. The fourth-order valence-electron chi connectivity index (χ4n) is 2.98. The van der Waals surface area contributed by atoms with E-state index in [1.165, 1.54) is 41.5 Å². The molecule has 1 aliphatic carbocycles. The maximum Gasteiger partial charge on any atom is 0.233 e. The topological polar surface area (TPSA) is 66.9 Å². The van der Waals surface area contributed by atoms with Crippen LogP contribution in [-0.2, 0) is 4.79 Å². The average molecular weight is 391 g/mol. The Labute approximate surface area is 163 Å². The molecule has 0 aliphatic heterocycles. The van der Waals surface area contributed by atoms with Gasteiger partial charge in [-0.3, -0.25) is 4.79 Å². The van der Waals surface area contributed by atoms with Crippen LogP contribution in [0.3, 0.4) is 0 Å². The monoisotopic (exact) mass is 390 g/mol. The molecule has 140 valence electrons. The number of anilines is 2. The van der Waals surface area contributed by atoms with Gasteiger partial charge in [0, 0.05) is 11.7 Å². The van der Waals surface area contributed by atoms with E-state index in [2.05, 4.69) is 58.9 Å². The molecule has 2 N–H and O–H groups in total.